The maximum atomic E-state index is 5.29. The summed E-state index contributed by atoms with van der Waals surface area (Å²) >= 11 is 1.54. The number of nitrogens with zero attached hydrogens (tertiary/aromatic N) is 2. The average Bonchev–Trinajstić information content (AvgIpc) is 3.00. The van der Waals surface area contributed by atoms with Crippen LogP contribution in [0.2, 0.25) is 0 Å². The van der Waals surface area contributed by atoms with Crippen LogP contribution in [0.4, 0.5) is 10.8 Å². The first kappa shape index (κ1) is 10.0. The molecule has 3 aromatic heterocycles. The highest BCUT2D eigenvalue weighted by molar-refractivity contribution is 7.14. The second-order valence-corrected chi connectivity index (χ2v) is 4.23. The van der Waals surface area contributed by atoms with E-state index >= 15 is 0 Å². The van der Waals surface area contributed by atoms with Gasteiger partial charge >= 0.3 is 0 Å². The lowest BCUT2D eigenvalue weighted by Crippen LogP contribution is -1.89. The first-order valence-corrected chi connectivity index (χ1v) is 5.96. The quantitative estimate of drug-likeness (QED) is 0.764. The number of pyridine rings is 1. The summed E-state index contributed by atoms with van der Waals surface area (Å²) in [5.74, 6) is 0.782. The second kappa shape index (κ2) is 4.39. The van der Waals surface area contributed by atoms with Gasteiger partial charge in [-0.3, -0.25) is 4.98 Å². The van der Waals surface area contributed by atoms with E-state index in [0.717, 1.165) is 22.3 Å². The van der Waals surface area contributed by atoms with Gasteiger partial charge in [0, 0.05) is 23.5 Å². The first-order chi connectivity index (χ1) is 8.42. The van der Waals surface area contributed by atoms with Gasteiger partial charge in [-0.15, -0.1) is 11.3 Å². The monoisotopic (exact) mass is 243 g/mol. The SMILES string of the molecule is c1coc(-c2csc(Nc3ccncc3)n2)c1. The van der Waals surface area contributed by atoms with Gasteiger partial charge in [-0.25, -0.2) is 4.98 Å². The molecule has 4 nitrogen and oxygen atoms in total. The van der Waals surface area contributed by atoms with Crippen molar-refractivity contribution in [2.45, 2.75) is 0 Å². The molecule has 3 rings (SSSR count). The predicted molar refractivity (Wildman–Crippen MR) is 67.3 cm³/mol. The van der Waals surface area contributed by atoms with Crippen LogP contribution in [0.3, 0.4) is 0 Å². The molecule has 5 heteroatoms. The number of aromatic nitrogens is 2. The molecule has 3 aromatic rings. The Labute approximate surface area is 102 Å². The minimum atomic E-state index is 0.782. The van der Waals surface area contributed by atoms with Gasteiger partial charge in [0.2, 0.25) is 0 Å². The van der Waals surface area contributed by atoms with Crippen LogP contribution in [0.1, 0.15) is 0 Å². The number of anilines is 2. The minimum absolute atomic E-state index is 0.782. The summed E-state index contributed by atoms with van der Waals surface area (Å²) in [7, 11) is 0. The number of furan rings is 1. The molecule has 0 aliphatic rings. The van der Waals surface area contributed by atoms with Crippen molar-refractivity contribution in [3.63, 3.8) is 0 Å². The Morgan fingerprint density at radius 2 is 2.06 bits per heavy atom. The molecule has 0 bridgehead atoms. The lowest BCUT2D eigenvalue weighted by Gasteiger charge is -1.99. The van der Waals surface area contributed by atoms with E-state index in [4.69, 9.17) is 4.42 Å². The Kier molecular flexibility index (Phi) is 2.59. The van der Waals surface area contributed by atoms with E-state index < -0.39 is 0 Å². The van der Waals surface area contributed by atoms with Gasteiger partial charge in [0.15, 0.2) is 10.9 Å². The Hall–Kier alpha value is -2.14. The molecule has 0 amide bonds. The van der Waals surface area contributed by atoms with E-state index in [0.29, 0.717) is 0 Å². The van der Waals surface area contributed by atoms with Crippen LogP contribution in [0.15, 0.2) is 52.7 Å². The molecule has 0 aliphatic carbocycles. The summed E-state index contributed by atoms with van der Waals surface area (Å²) in [6.07, 6.45) is 5.12. The van der Waals surface area contributed by atoms with Crippen LogP contribution in [-0.2, 0) is 0 Å². The van der Waals surface area contributed by atoms with Crippen molar-refractivity contribution < 1.29 is 4.42 Å². The average molecular weight is 243 g/mol. The molecule has 17 heavy (non-hydrogen) atoms. The largest absolute Gasteiger partial charge is 0.463 e. The summed E-state index contributed by atoms with van der Waals surface area (Å²) < 4.78 is 5.29. The molecular formula is C12H9N3OS. The molecule has 0 radical (unpaired) electrons. The smallest absolute Gasteiger partial charge is 0.187 e. The standard InChI is InChI=1S/C12H9N3OS/c1-2-11(16-7-1)10-8-17-12(15-10)14-9-3-5-13-6-4-9/h1-8H,(H,13,14,15). The fourth-order valence-corrected chi connectivity index (χ4v) is 2.15. The van der Waals surface area contributed by atoms with E-state index in [9.17, 15) is 0 Å². The molecule has 84 valence electrons. The van der Waals surface area contributed by atoms with Crippen molar-refractivity contribution >= 4 is 22.2 Å². The highest BCUT2D eigenvalue weighted by Gasteiger charge is 2.06. The van der Waals surface area contributed by atoms with E-state index in [1.54, 1.807) is 18.7 Å². The summed E-state index contributed by atoms with van der Waals surface area (Å²) in [6.45, 7) is 0. The normalized spacial score (nSPS) is 10.4. The van der Waals surface area contributed by atoms with Crippen LogP contribution in [-0.4, -0.2) is 9.97 Å². The number of nitrogens with one attached hydrogen (secondary N) is 1. The summed E-state index contributed by atoms with van der Waals surface area (Å²) in [5, 5.41) is 6.01. The Bertz CT molecular complexity index is 589. The molecule has 0 aliphatic heterocycles. The Balaban J connectivity index is 1.82. The summed E-state index contributed by atoms with van der Waals surface area (Å²) in [6, 6.07) is 7.54. The molecule has 0 saturated carbocycles. The van der Waals surface area contributed by atoms with Crippen molar-refractivity contribution in [1.29, 1.82) is 0 Å². The van der Waals surface area contributed by atoms with Gasteiger partial charge in [0.1, 0.15) is 5.69 Å². The highest BCUT2D eigenvalue weighted by Crippen LogP contribution is 2.26. The molecule has 0 atom stereocenters. The summed E-state index contributed by atoms with van der Waals surface area (Å²) in [4.78, 5) is 8.40. The zero-order chi connectivity index (χ0) is 11.5. The summed E-state index contributed by atoms with van der Waals surface area (Å²) in [5.41, 5.74) is 1.82. The van der Waals surface area contributed by atoms with Crippen LogP contribution >= 0.6 is 11.3 Å². The van der Waals surface area contributed by atoms with Gasteiger partial charge in [-0.1, -0.05) is 0 Å². The first-order valence-electron chi connectivity index (χ1n) is 5.08. The van der Waals surface area contributed by atoms with Gasteiger partial charge in [-0.05, 0) is 24.3 Å². The Morgan fingerprint density at radius 3 is 2.82 bits per heavy atom. The fourth-order valence-electron chi connectivity index (χ4n) is 1.43. The lowest BCUT2D eigenvalue weighted by molar-refractivity contribution is 0.580. The third kappa shape index (κ3) is 2.19. The van der Waals surface area contributed by atoms with Crippen molar-refractivity contribution in [1.82, 2.24) is 9.97 Å². The van der Waals surface area contributed by atoms with Crippen molar-refractivity contribution in [3.8, 4) is 11.5 Å². The molecule has 0 fully saturated rings. The third-order valence-corrected chi connectivity index (χ3v) is 2.97. The Morgan fingerprint density at radius 1 is 1.18 bits per heavy atom. The van der Waals surface area contributed by atoms with Crippen LogP contribution in [0.5, 0.6) is 0 Å². The minimum Gasteiger partial charge on any atom is -0.463 e. The van der Waals surface area contributed by atoms with Crippen molar-refractivity contribution in [2.75, 3.05) is 5.32 Å². The van der Waals surface area contributed by atoms with Crippen molar-refractivity contribution in [2.24, 2.45) is 0 Å². The van der Waals surface area contributed by atoms with E-state index in [1.807, 2.05) is 29.6 Å². The topological polar surface area (TPSA) is 51.0 Å². The maximum Gasteiger partial charge on any atom is 0.187 e. The highest BCUT2D eigenvalue weighted by atomic mass is 32.1. The van der Waals surface area contributed by atoms with E-state index in [-0.39, 0.29) is 0 Å². The van der Waals surface area contributed by atoms with Gasteiger partial charge in [0.25, 0.3) is 0 Å². The lowest BCUT2D eigenvalue weighted by atomic mass is 10.4. The zero-order valence-corrected chi connectivity index (χ0v) is 9.65. The zero-order valence-electron chi connectivity index (χ0n) is 8.83. The van der Waals surface area contributed by atoms with E-state index in [1.165, 1.54) is 11.3 Å². The predicted octanol–water partition coefficient (Wildman–Crippen LogP) is 3.54. The molecule has 3 heterocycles. The molecule has 0 unspecified atom stereocenters. The maximum absolute atomic E-state index is 5.29. The molecule has 0 spiro atoms. The van der Waals surface area contributed by atoms with Crippen LogP contribution in [0, 0.1) is 0 Å². The van der Waals surface area contributed by atoms with Crippen LogP contribution in [0.25, 0.3) is 11.5 Å². The van der Waals surface area contributed by atoms with Crippen LogP contribution < -0.4 is 5.32 Å². The van der Waals surface area contributed by atoms with Gasteiger partial charge in [-0.2, -0.15) is 0 Å². The van der Waals surface area contributed by atoms with Gasteiger partial charge in [0.05, 0.1) is 6.26 Å². The number of hydrogen-bond acceptors (Lipinski definition) is 5. The molecular weight excluding hydrogens is 234 g/mol. The molecule has 0 aromatic carbocycles. The number of thiazole rings is 1. The van der Waals surface area contributed by atoms with E-state index in [2.05, 4.69) is 15.3 Å². The fraction of sp³-hybridized carbons (Fsp3) is 0. The third-order valence-electron chi connectivity index (χ3n) is 2.21. The molecule has 0 saturated heterocycles. The number of hydrogen-bond donors (Lipinski definition) is 1. The van der Waals surface area contributed by atoms with Gasteiger partial charge < -0.3 is 9.73 Å². The second-order valence-electron chi connectivity index (χ2n) is 3.38. The number of rotatable bonds is 3. The molecule has 1 N–H and O–H groups in total. The van der Waals surface area contributed by atoms with Crippen molar-refractivity contribution in [3.05, 3.63) is 48.3 Å².